The third kappa shape index (κ3) is 4.61. The van der Waals surface area contributed by atoms with Crippen LogP contribution in [-0.2, 0) is 13.1 Å². The molecule has 4 rings (SSSR count). The minimum absolute atomic E-state index is 0.145. The zero-order chi connectivity index (χ0) is 20.2. The van der Waals surface area contributed by atoms with Crippen LogP contribution in [0.1, 0.15) is 29.7 Å². The topological polar surface area (TPSA) is 61.1 Å². The SMILES string of the molecule is N#Cc1cccc(NC(=O)N(Cc2cccn2Cc2ccccc2Cl)C2CC2)c1. The van der Waals surface area contributed by atoms with E-state index in [9.17, 15) is 4.79 Å². The molecule has 1 heterocycles. The van der Waals surface area contributed by atoms with E-state index in [0.29, 0.717) is 24.3 Å². The second-order valence-electron chi connectivity index (χ2n) is 7.20. The highest BCUT2D eigenvalue weighted by Crippen LogP contribution is 2.29. The van der Waals surface area contributed by atoms with Gasteiger partial charge in [-0.2, -0.15) is 5.26 Å². The van der Waals surface area contributed by atoms with Crippen LogP contribution in [0.5, 0.6) is 0 Å². The van der Waals surface area contributed by atoms with Gasteiger partial charge in [0.25, 0.3) is 0 Å². The van der Waals surface area contributed by atoms with Crippen molar-refractivity contribution in [2.75, 3.05) is 5.32 Å². The van der Waals surface area contributed by atoms with Crippen LogP contribution in [-0.4, -0.2) is 21.5 Å². The number of aromatic nitrogens is 1. The van der Waals surface area contributed by atoms with Crippen molar-refractivity contribution in [2.24, 2.45) is 0 Å². The molecule has 2 aromatic carbocycles. The molecule has 0 atom stereocenters. The van der Waals surface area contributed by atoms with Gasteiger partial charge in [0.05, 0.1) is 18.2 Å². The van der Waals surface area contributed by atoms with E-state index in [-0.39, 0.29) is 12.1 Å². The van der Waals surface area contributed by atoms with Gasteiger partial charge in [-0.05, 0) is 54.8 Å². The highest BCUT2D eigenvalue weighted by molar-refractivity contribution is 6.31. The minimum atomic E-state index is -0.145. The van der Waals surface area contributed by atoms with E-state index in [1.54, 1.807) is 24.3 Å². The number of carbonyl (C=O) groups excluding carboxylic acids is 1. The Bertz CT molecular complexity index is 1060. The van der Waals surface area contributed by atoms with E-state index in [2.05, 4.69) is 16.0 Å². The Labute approximate surface area is 175 Å². The minimum Gasteiger partial charge on any atom is -0.345 e. The molecule has 6 heteroatoms. The first-order valence-corrected chi connectivity index (χ1v) is 9.97. The van der Waals surface area contributed by atoms with Crippen LogP contribution in [0.15, 0.2) is 66.9 Å². The van der Waals surface area contributed by atoms with Crippen LogP contribution in [0, 0.1) is 11.3 Å². The molecular formula is C23H21ClN4O. The maximum Gasteiger partial charge on any atom is 0.322 e. The van der Waals surface area contributed by atoms with E-state index in [1.807, 2.05) is 47.5 Å². The molecule has 0 spiro atoms. The Morgan fingerprint density at radius 1 is 1.17 bits per heavy atom. The summed E-state index contributed by atoms with van der Waals surface area (Å²) in [7, 11) is 0. The Hall–Kier alpha value is -3.23. The molecule has 1 aromatic heterocycles. The number of anilines is 1. The summed E-state index contributed by atoms with van der Waals surface area (Å²) in [5.74, 6) is 0. The molecule has 1 N–H and O–H groups in total. The quantitative estimate of drug-likeness (QED) is 0.609. The van der Waals surface area contributed by atoms with Gasteiger partial charge in [0, 0.05) is 35.2 Å². The second kappa shape index (κ2) is 8.42. The second-order valence-corrected chi connectivity index (χ2v) is 7.61. The van der Waals surface area contributed by atoms with Crippen LogP contribution in [0.4, 0.5) is 10.5 Å². The zero-order valence-electron chi connectivity index (χ0n) is 15.9. The normalized spacial score (nSPS) is 13.0. The molecule has 1 aliphatic carbocycles. The lowest BCUT2D eigenvalue weighted by atomic mass is 10.2. The molecule has 1 fully saturated rings. The van der Waals surface area contributed by atoms with Crippen LogP contribution < -0.4 is 5.32 Å². The molecule has 0 unspecified atom stereocenters. The van der Waals surface area contributed by atoms with Crippen LogP contribution in [0.3, 0.4) is 0 Å². The third-order valence-corrected chi connectivity index (χ3v) is 5.41. The predicted octanol–water partition coefficient (Wildman–Crippen LogP) is 5.26. The number of amides is 2. The molecule has 146 valence electrons. The molecule has 0 bridgehead atoms. The first kappa shape index (κ1) is 19.1. The Balaban J connectivity index is 1.49. The number of hydrogen-bond acceptors (Lipinski definition) is 2. The zero-order valence-corrected chi connectivity index (χ0v) is 16.6. The number of nitrogens with zero attached hydrogens (tertiary/aromatic N) is 3. The van der Waals surface area contributed by atoms with Crippen molar-refractivity contribution in [1.29, 1.82) is 5.26 Å². The van der Waals surface area contributed by atoms with Gasteiger partial charge in [0.15, 0.2) is 0 Å². The fourth-order valence-electron chi connectivity index (χ4n) is 3.35. The van der Waals surface area contributed by atoms with Crippen molar-refractivity contribution in [2.45, 2.75) is 32.0 Å². The molecule has 3 aromatic rings. The number of benzene rings is 2. The highest BCUT2D eigenvalue weighted by Gasteiger charge is 2.33. The highest BCUT2D eigenvalue weighted by atomic mass is 35.5. The summed E-state index contributed by atoms with van der Waals surface area (Å²) in [6, 6.07) is 21.0. The number of rotatable bonds is 6. The molecule has 29 heavy (non-hydrogen) atoms. The van der Waals surface area contributed by atoms with Crippen molar-refractivity contribution < 1.29 is 4.79 Å². The summed E-state index contributed by atoms with van der Waals surface area (Å²) < 4.78 is 2.13. The van der Waals surface area contributed by atoms with E-state index >= 15 is 0 Å². The standard InChI is InChI=1S/C23H21ClN4O/c24-22-9-2-1-6-18(22)15-27-12-4-8-21(27)16-28(20-10-11-20)23(29)26-19-7-3-5-17(13-19)14-25/h1-9,12-13,20H,10-11,15-16H2,(H,26,29). The number of nitrogens with one attached hydrogen (secondary N) is 1. The number of hydrogen-bond donors (Lipinski definition) is 1. The summed E-state index contributed by atoms with van der Waals surface area (Å²) in [5.41, 5.74) is 3.25. The molecule has 0 radical (unpaired) electrons. The van der Waals surface area contributed by atoms with Crippen molar-refractivity contribution in [3.8, 4) is 6.07 Å². The average molecular weight is 405 g/mol. The lowest BCUT2D eigenvalue weighted by Gasteiger charge is -2.24. The van der Waals surface area contributed by atoms with E-state index in [4.69, 9.17) is 16.9 Å². The number of urea groups is 1. The summed E-state index contributed by atoms with van der Waals surface area (Å²) in [5, 5.41) is 12.7. The summed E-state index contributed by atoms with van der Waals surface area (Å²) in [6.45, 7) is 1.18. The number of carbonyl (C=O) groups is 1. The van der Waals surface area contributed by atoms with E-state index in [1.165, 1.54) is 0 Å². The van der Waals surface area contributed by atoms with Gasteiger partial charge in [0.2, 0.25) is 0 Å². The van der Waals surface area contributed by atoms with Gasteiger partial charge in [-0.3, -0.25) is 0 Å². The van der Waals surface area contributed by atoms with E-state index in [0.717, 1.165) is 29.1 Å². The van der Waals surface area contributed by atoms with Crippen LogP contribution in [0.2, 0.25) is 5.02 Å². The average Bonchev–Trinajstić information content (AvgIpc) is 3.48. The fourth-order valence-corrected chi connectivity index (χ4v) is 3.54. The number of halogens is 1. The smallest absolute Gasteiger partial charge is 0.322 e. The molecule has 1 saturated carbocycles. The molecule has 0 aliphatic heterocycles. The fraction of sp³-hybridized carbons (Fsp3) is 0.217. The van der Waals surface area contributed by atoms with Crippen LogP contribution >= 0.6 is 11.6 Å². The molecule has 0 saturated heterocycles. The lowest BCUT2D eigenvalue weighted by molar-refractivity contribution is 0.204. The van der Waals surface area contributed by atoms with E-state index < -0.39 is 0 Å². The first-order valence-electron chi connectivity index (χ1n) is 9.59. The maximum absolute atomic E-state index is 12.9. The van der Waals surface area contributed by atoms with Gasteiger partial charge in [-0.1, -0.05) is 35.9 Å². The monoisotopic (exact) mass is 404 g/mol. The van der Waals surface area contributed by atoms with Crippen molar-refractivity contribution in [3.05, 3.63) is 88.7 Å². The van der Waals surface area contributed by atoms with Gasteiger partial charge in [-0.25, -0.2) is 4.79 Å². The van der Waals surface area contributed by atoms with Gasteiger partial charge >= 0.3 is 6.03 Å². The Morgan fingerprint density at radius 3 is 2.76 bits per heavy atom. The first-order chi connectivity index (χ1) is 14.1. The van der Waals surface area contributed by atoms with Crippen molar-refractivity contribution >= 4 is 23.3 Å². The summed E-state index contributed by atoms with van der Waals surface area (Å²) >= 11 is 6.31. The van der Waals surface area contributed by atoms with Gasteiger partial charge in [0.1, 0.15) is 0 Å². The largest absolute Gasteiger partial charge is 0.345 e. The molecule has 1 aliphatic rings. The van der Waals surface area contributed by atoms with Crippen LogP contribution in [0.25, 0.3) is 0 Å². The predicted molar refractivity (Wildman–Crippen MR) is 114 cm³/mol. The van der Waals surface area contributed by atoms with Gasteiger partial charge < -0.3 is 14.8 Å². The molecular weight excluding hydrogens is 384 g/mol. The number of nitriles is 1. The maximum atomic E-state index is 12.9. The van der Waals surface area contributed by atoms with Crippen molar-refractivity contribution in [1.82, 2.24) is 9.47 Å². The third-order valence-electron chi connectivity index (χ3n) is 5.05. The summed E-state index contributed by atoms with van der Waals surface area (Å²) in [6.07, 6.45) is 4.03. The molecule has 2 amide bonds. The molecule has 5 nitrogen and oxygen atoms in total. The summed E-state index contributed by atoms with van der Waals surface area (Å²) in [4.78, 5) is 14.8. The van der Waals surface area contributed by atoms with Crippen molar-refractivity contribution in [3.63, 3.8) is 0 Å². The Kier molecular flexibility index (Phi) is 5.55. The van der Waals surface area contributed by atoms with Gasteiger partial charge in [-0.15, -0.1) is 0 Å². The Morgan fingerprint density at radius 2 is 2.00 bits per heavy atom. The lowest BCUT2D eigenvalue weighted by Crippen LogP contribution is -2.36.